The van der Waals surface area contributed by atoms with Crippen LogP contribution in [0.25, 0.3) is 0 Å². The van der Waals surface area contributed by atoms with Crippen molar-refractivity contribution in [3.8, 4) is 5.75 Å². The van der Waals surface area contributed by atoms with E-state index < -0.39 is 108 Å². The second kappa shape index (κ2) is 47.4. The van der Waals surface area contributed by atoms with Gasteiger partial charge >= 0.3 is 17.9 Å². The van der Waals surface area contributed by atoms with E-state index in [4.69, 9.17) is 43.6 Å². The number of esters is 3. The van der Waals surface area contributed by atoms with E-state index in [1.807, 2.05) is 68.4 Å². The zero-order chi connectivity index (χ0) is 69.6. The molecule has 5 aromatic rings. The Morgan fingerprint density at radius 1 is 0.442 bits per heavy atom. The van der Waals surface area contributed by atoms with Crippen molar-refractivity contribution < 1.29 is 81.0 Å². The monoisotopic (exact) mass is 1320 g/mol. The van der Waals surface area contributed by atoms with Crippen molar-refractivity contribution in [3.63, 3.8) is 0 Å². The van der Waals surface area contributed by atoms with Crippen molar-refractivity contribution in [2.45, 2.75) is 156 Å². The lowest BCUT2D eigenvalue weighted by molar-refractivity contribution is -0.156. The summed E-state index contributed by atoms with van der Waals surface area (Å²) in [6.45, 7) is 13.8. The summed E-state index contributed by atoms with van der Waals surface area (Å²) in [5.74, 6) is -7.62. The Labute approximate surface area is 560 Å². The van der Waals surface area contributed by atoms with Crippen molar-refractivity contribution in [2.75, 3.05) is 60.4 Å². The van der Waals surface area contributed by atoms with Crippen LogP contribution in [0.1, 0.15) is 127 Å². The highest BCUT2D eigenvalue weighted by Gasteiger charge is 2.35. The topological polar surface area (TPSA) is 290 Å². The van der Waals surface area contributed by atoms with Crippen molar-refractivity contribution in [1.29, 1.82) is 0 Å². The highest BCUT2D eigenvalue weighted by Crippen LogP contribution is 2.23. The molecular formula is C74H100N4O17. The fraction of sp³-hybridized carbons (Fsp3) is 0.473. The average Bonchev–Trinajstić information content (AvgIpc) is 0.904. The van der Waals surface area contributed by atoms with E-state index in [-0.39, 0.29) is 64.8 Å². The van der Waals surface area contributed by atoms with E-state index in [1.54, 1.807) is 119 Å². The molecule has 5 atom stereocenters. The minimum atomic E-state index is -1.36. The minimum Gasteiger partial charge on any atom is -0.489 e. The molecule has 0 heterocycles. The molecule has 0 aromatic heterocycles. The lowest BCUT2D eigenvalue weighted by Crippen LogP contribution is -2.49. The number of benzene rings is 5. The van der Waals surface area contributed by atoms with Gasteiger partial charge in [-0.3, -0.25) is 43.2 Å². The summed E-state index contributed by atoms with van der Waals surface area (Å²) in [5, 5.41) is 8.25. The number of ketones is 3. The number of amides is 3. The van der Waals surface area contributed by atoms with E-state index in [0.29, 0.717) is 69.5 Å². The maximum absolute atomic E-state index is 15.1. The fourth-order valence-corrected chi connectivity index (χ4v) is 9.40. The lowest BCUT2D eigenvalue weighted by Gasteiger charge is -2.26. The summed E-state index contributed by atoms with van der Waals surface area (Å²) in [7, 11) is 3.18. The Morgan fingerprint density at radius 3 is 1.40 bits per heavy atom. The van der Waals surface area contributed by atoms with Crippen LogP contribution in [0.2, 0.25) is 0 Å². The summed E-state index contributed by atoms with van der Waals surface area (Å²) >= 11 is 0. The van der Waals surface area contributed by atoms with Gasteiger partial charge in [0.05, 0.1) is 57.6 Å². The van der Waals surface area contributed by atoms with Crippen LogP contribution >= 0.6 is 0 Å². The summed E-state index contributed by atoms with van der Waals surface area (Å²) < 4.78 is 42.9. The molecule has 0 radical (unpaired) electrons. The van der Waals surface area contributed by atoms with Crippen LogP contribution in [-0.2, 0) is 109 Å². The largest absolute Gasteiger partial charge is 0.489 e. The maximum Gasteiger partial charge on any atom is 0.308 e. The second-order valence-electron chi connectivity index (χ2n) is 23.2. The molecule has 518 valence electrons. The molecule has 0 aliphatic rings. The van der Waals surface area contributed by atoms with E-state index in [1.165, 1.54) is 14.0 Å². The summed E-state index contributed by atoms with van der Waals surface area (Å²) in [4.78, 5) is 125. The zero-order valence-corrected chi connectivity index (χ0v) is 56.6. The average molecular weight is 1320 g/mol. The molecule has 95 heavy (non-hydrogen) atoms. The van der Waals surface area contributed by atoms with E-state index in [2.05, 4.69) is 16.0 Å². The van der Waals surface area contributed by atoms with Crippen LogP contribution in [0, 0.1) is 11.8 Å². The smallest absolute Gasteiger partial charge is 0.308 e. The number of hydrogen-bond acceptors (Lipinski definition) is 18. The second-order valence-corrected chi connectivity index (χ2v) is 23.2. The standard InChI is InChI=1S/C67H81N3O15.C5H13NO2.C2H6/c1-47(71)68-58(43-64(77)85-67(2,3)4)61(74)42-54(39-49-28-31-55(32-29-49)82-44-50-21-12-7-13-22-50)66(79)70-57(40-48-19-10-6-11-20-48)60(73)41-53(30-34-62(75)83-45-51-23-14-8-15-24-51)65(78)69-56(59(72)27-18-36-81-38-37-80-5)33-35-63(76)84-46-52-25-16-9-17-26-52;1-7-4-5-8-3-2-6;1-2/h6-17,19-26,28-29,31-32,53-54,56-58H,18,27,30,33-46H2,1-5H3,(H,68,71)(H,69,78)(H,70,79);2-6H2,1H3;1-2H3/t53-,54-,56-,57-,58+;;/m1../s1. The molecule has 5 aromatic carbocycles. The van der Waals surface area contributed by atoms with Crippen molar-refractivity contribution in [2.24, 2.45) is 17.6 Å². The Balaban J connectivity index is 0.00000218. The van der Waals surface area contributed by atoms with Crippen molar-refractivity contribution in [3.05, 3.63) is 173 Å². The van der Waals surface area contributed by atoms with E-state index in [0.717, 1.165) is 16.7 Å². The highest BCUT2D eigenvalue weighted by molar-refractivity contribution is 5.97. The Bertz CT molecular complexity index is 3010. The number of carbonyl (C=O) groups excluding carboxylic acids is 9. The molecule has 0 aliphatic heterocycles. The molecule has 0 aliphatic carbocycles. The Hall–Kier alpha value is -8.47. The van der Waals surface area contributed by atoms with Gasteiger partial charge in [0.1, 0.15) is 31.2 Å². The molecule has 21 heteroatoms. The summed E-state index contributed by atoms with van der Waals surface area (Å²) in [5.41, 5.74) is 7.95. The van der Waals surface area contributed by atoms with E-state index in [9.17, 15) is 38.4 Å². The molecule has 0 bridgehead atoms. The predicted molar refractivity (Wildman–Crippen MR) is 360 cm³/mol. The van der Waals surface area contributed by atoms with Gasteiger partial charge in [0.2, 0.25) is 17.7 Å². The molecule has 0 spiro atoms. The van der Waals surface area contributed by atoms with Crippen LogP contribution in [0.15, 0.2) is 146 Å². The maximum atomic E-state index is 15.1. The third kappa shape index (κ3) is 36.1. The summed E-state index contributed by atoms with van der Waals surface area (Å²) in [6, 6.07) is 39.5. The number of nitrogens with two attached hydrogens (primary N) is 1. The molecule has 21 nitrogen and oxygen atoms in total. The van der Waals surface area contributed by atoms with Gasteiger partial charge in [0, 0.05) is 78.2 Å². The van der Waals surface area contributed by atoms with Gasteiger partial charge in [-0.2, -0.15) is 0 Å². The number of hydrogen-bond donors (Lipinski definition) is 4. The third-order valence-corrected chi connectivity index (χ3v) is 14.2. The summed E-state index contributed by atoms with van der Waals surface area (Å²) in [6.07, 6.45) is -2.25. The number of nitrogens with one attached hydrogen (secondary N) is 3. The van der Waals surface area contributed by atoms with Gasteiger partial charge in [-0.1, -0.05) is 147 Å². The quantitative estimate of drug-likeness (QED) is 0.0161. The Morgan fingerprint density at radius 2 is 0.895 bits per heavy atom. The number of methoxy groups -OCH3 is 2. The molecule has 5 rings (SSSR count). The highest BCUT2D eigenvalue weighted by atomic mass is 16.6. The first-order chi connectivity index (χ1) is 45.7. The van der Waals surface area contributed by atoms with E-state index >= 15 is 4.79 Å². The molecule has 5 N–H and O–H groups in total. The number of Topliss-reactive ketones (excluding diaryl/α,β-unsaturated/α-hetero) is 3. The minimum absolute atomic E-state index is 0.00442. The Kier molecular flexibility index (Phi) is 40.3. The van der Waals surface area contributed by atoms with Crippen LogP contribution in [0.3, 0.4) is 0 Å². The van der Waals surface area contributed by atoms with Crippen LogP contribution in [0.5, 0.6) is 5.75 Å². The van der Waals surface area contributed by atoms with Gasteiger partial charge in [-0.25, -0.2) is 0 Å². The fourth-order valence-electron chi connectivity index (χ4n) is 9.40. The number of carbonyl (C=O) groups is 9. The zero-order valence-electron chi connectivity index (χ0n) is 56.6. The van der Waals surface area contributed by atoms with Gasteiger partial charge in [-0.05, 0) is 92.8 Å². The molecule has 0 unspecified atom stereocenters. The first-order valence-electron chi connectivity index (χ1n) is 32.5. The molecule has 0 fully saturated rings. The van der Waals surface area contributed by atoms with Gasteiger partial charge in [0.15, 0.2) is 17.3 Å². The van der Waals surface area contributed by atoms with Gasteiger partial charge in [0.25, 0.3) is 0 Å². The molecule has 3 amide bonds. The third-order valence-electron chi connectivity index (χ3n) is 14.2. The normalized spacial score (nSPS) is 12.4. The SMILES string of the molecule is CC.COCCOCCCC(=O)[C@@H](CCC(=O)OCc1ccccc1)NC(=O)[C@H](CCC(=O)OCc1ccccc1)CC(=O)[C@@H](Cc1ccccc1)NC(=O)[C@@H](CC(=O)[C@H](CC(=O)OC(C)(C)C)NC(C)=O)Cc1ccc(OCc2ccccc2)cc1.COCCOCCN. The van der Waals surface area contributed by atoms with Crippen molar-refractivity contribution >= 4 is 53.0 Å². The number of ether oxygens (including phenoxy) is 8. The van der Waals surface area contributed by atoms with Gasteiger partial charge < -0.3 is 59.6 Å². The predicted octanol–water partition coefficient (Wildman–Crippen LogP) is 9.10. The molecule has 0 saturated heterocycles. The number of rotatable bonds is 43. The van der Waals surface area contributed by atoms with Crippen LogP contribution in [0.4, 0.5) is 0 Å². The van der Waals surface area contributed by atoms with Crippen LogP contribution in [-0.4, -0.2) is 137 Å². The molecule has 0 saturated carbocycles. The van der Waals surface area contributed by atoms with Crippen LogP contribution < -0.4 is 26.4 Å². The van der Waals surface area contributed by atoms with Crippen molar-refractivity contribution in [1.82, 2.24) is 16.0 Å². The molecular weight excluding hydrogens is 1220 g/mol. The van der Waals surface area contributed by atoms with Gasteiger partial charge in [-0.15, -0.1) is 0 Å². The first-order valence-corrected chi connectivity index (χ1v) is 32.5. The first kappa shape index (κ1) is 80.8. The lowest BCUT2D eigenvalue weighted by atomic mass is 9.88.